The molecule has 3 rings (SSSR count). The summed E-state index contributed by atoms with van der Waals surface area (Å²) < 4.78 is 5.36. The first kappa shape index (κ1) is 13.5. The molecule has 21 heavy (non-hydrogen) atoms. The van der Waals surface area contributed by atoms with E-state index in [0.717, 1.165) is 11.3 Å². The first-order chi connectivity index (χ1) is 10.3. The van der Waals surface area contributed by atoms with Crippen molar-refractivity contribution in [2.75, 3.05) is 12.3 Å². The Morgan fingerprint density at radius 3 is 2.62 bits per heavy atom. The summed E-state index contributed by atoms with van der Waals surface area (Å²) in [6.07, 6.45) is 0. The zero-order valence-electron chi connectivity index (χ0n) is 11.9. The van der Waals surface area contributed by atoms with Crippen LogP contribution in [0.2, 0.25) is 0 Å². The molecule has 0 fully saturated rings. The van der Waals surface area contributed by atoms with Gasteiger partial charge < -0.3 is 10.5 Å². The zero-order valence-corrected chi connectivity index (χ0v) is 11.9. The molecule has 0 radical (unpaired) electrons. The molecule has 0 spiro atoms. The van der Waals surface area contributed by atoms with Gasteiger partial charge in [-0.25, -0.2) is 9.97 Å². The number of aromatic nitrogens is 2. The molecule has 0 atom stereocenters. The summed E-state index contributed by atoms with van der Waals surface area (Å²) in [6, 6.07) is 16.3. The van der Waals surface area contributed by atoms with Gasteiger partial charge in [-0.05, 0) is 23.8 Å². The number of benzene rings is 2. The van der Waals surface area contributed by atoms with Gasteiger partial charge >= 0.3 is 0 Å². The van der Waals surface area contributed by atoms with Crippen LogP contribution in [0.4, 0.5) is 5.82 Å². The van der Waals surface area contributed by atoms with E-state index in [-0.39, 0.29) is 0 Å². The van der Waals surface area contributed by atoms with Crippen LogP contribution in [0.15, 0.2) is 48.5 Å². The van der Waals surface area contributed by atoms with Gasteiger partial charge in [0.2, 0.25) is 0 Å². The lowest BCUT2D eigenvalue weighted by molar-refractivity contribution is 0.128. The molecule has 1 heterocycles. The van der Waals surface area contributed by atoms with E-state index in [0.29, 0.717) is 24.9 Å². The smallest absolute Gasteiger partial charge is 0.157 e. The number of nitrogens with two attached hydrogens (primary N) is 1. The van der Waals surface area contributed by atoms with Gasteiger partial charge in [0.25, 0.3) is 0 Å². The first-order valence-corrected chi connectivity index (χ1v) is 6.96. The van der Waals surface area contributed by atoms with Crippen molar-refractivity contribution in [2.45, 2.75) is 13.5 Å². The predicted octanol–water partition coefficient (Wildman–Crippen LogP) is 3.42. The number of nitrogens with zero attached hydrogens (tertiary/aromatic N) is 2. The van der Waals surface area contributed by atoms with Crippen molar-refractivity contribution in [2.24, 2.45) is 0 Å². The Morgan fingerprint density at radius 1 is 1.00 bits per heavy atom. The summed E-state index contributed by atoms with van der Waals surface area (Å²) in [4.78, 5) is 8.73. The van der Waals surface area contributed by atoms with Crippen LogP contribution < -0.4 is 5.73 Å². The molecule has 0 amide bonds. The number of anilines is 1. The highest BCUT2D eigenvalue weighted by Gasteiger charge is 2.06. The molecule has 4 heteroatoms. The highest BCUT2D eigenvalue weighted by atomic mass is 16.5. The molecule has 0 unspecified atom stereocenters. The Labute approximate surface area is 123 Å². The fourth-order valence-corrected chi connectivity index (χ4v) is 2.27. The monoisotopic (exact) mass is 279 g/mol. The van der Waals surface area contributed by atoms with E-state index in [1.807, 2.05) is 19.1 Å². The number of nitrogen functional groups attached to an aromatic ring is 1. The molecule has 106 valence electrons. The maximum atomic E-state index is 5.87. The van der Waals surface area contributed by atoms with Gasteiger partial charge in [-0.1, -0.05) is 36.4 Å². The molecule has 0 bridgehead atoms. The van der Waals surface area contributed by atoms with Gasteiger partial charge in [0.05, 0.1) is 5.69 Å². The predicted molar refractivity (Wildman–Crippen MR) is 84.7 cm³/mol. The van der Waals surface area contributed by atoms with Gasteiger partial charge in [0.15, 0.2) is 5.82 Å². The van der Waals surface area contributed by atoms with Gasteiger partial charge in [-0.2, -0.15) is 0 Å². The van der Waals surface area contributed by atoms with Crippen LogP contribution in [0, 0.1) is 0 Å². The summed E-state index contributed by atoms with van der Waals surface area (Å²) in [5.74, 6) is 1.07. The normalized spacial score (nSPS) is 10.9. The molecular formula is C17H17N3O. The third-order valence-electron chi connectivity index (χ3n) is 3.27. The minimum absolute atomic E-state index is 0.377. The number of hydrogen-bond donors (Lipinski definition) is 1. The quantitative estimate of drug-likeness (QED) is 0.795. The van der Waals surface area contributed by atoms with Gasteiger partial charge in [-0.3, -0.25) is 0 Å². The lowest BCUT2D eigenvalue weighted by atomic mass is 10.0. The van der Waals surface area contributed by atoms with E-state index < -0.39 is 0 Å². The van der Waals surface area contributed by atoms with E-state index in [1.165, 1.54) is 10.8 Å². The fourth-order valence-electron chi connectivity index (χ4n) is 2.27. The van der Waals surface area contributed by atoms with Crippen molar-refractivity contribution in [3.8, 4) is 11.3 Å². The Kier molecular flexibility index (Phi) is 3.79. The van der Waals surface area contributed by atoms with E-state index >= 15 is 0 Å². The van der Waals surface area contributed by atoms with Crippen molar-refractivity contribution in [3.05, 3.63) is 54.4 Å². The van der Waals surface area contributed by atoms with Crippen molar-refractivity contribution in [1.82, 2.24) is 9.97 Å². The summed E-state index contributed by atoms with van der Waals surface area (Å²) in [7, 11) is 0. The third-order valence-corrected chi connectivity index (χ3v) is 3.27. The molecule has 4 nitrogen and oxygen atoms in total. The second-order valence-electron chi connectivity index (χ2n) is 4.79. The Balaban J connectivity index is 2.02. The Bertz CT molecular complexity index is 771. The van der Waals surface area contributed by atoms with E-state index in [9.17, 15) is 0 Å². The van der Waals surface area contributed by atoms with E-state index in [1.54, 1.807) is 6.07 Å². The van der Waals surface area contributed by atoms with Crippen molar-refractivity contribution >= 4 is 16.6 Å². The minimum atomic E-state index is 0.377. The van der Waals surface area contributed by atoms with Crippen LogP contribution in [-0.2, 0) is 11.3 Å². The Hall–Kier alpha value is -2.46. The van der Waals surface area contributed by atoms with Crippen molar-refractivity contribution < 1.29 is 4.74 Å². The van der Waals surface area contributed by atoms with Gasteiger partial charge in [0, 0.05) is 18.2 Å². The molecule has 2 aromatic carbocycles. The largest absolute Gasteiger partial charge is 0.384 e. The first-order valence-electron chi connectivity index (χ1n) is 6.96. The summed E-state index contributed by atoms with van der Waals surface area (Å²) in [5, 5.41) is 2.39. The van der Waals surface area contributed by atoms with Crippen molar-refractivity contribution in [1.29, 1.82) is 0 Å². The SMILES string of the molecule is CCOCc1nc(N)cc(-c2ccc3ccccc3c2)n1. The molecule has 0 saturated carbocycles. The lowest BCUT2D eigenvalue weighted by Gasteiger charge is -2.07. The third kappa shape index (κ3) is 3.01. The Morgan fingerprint density at radius 2 is 1.81 bits per heavy atom. The number of fused-ring (bicyclic) bond motifs is 1. The molecule has 0 aliphatic carbocycles. The highest BCUT2D eigenvalue weighted by molar-refractivity contribution is 5.86. The van der Waals surface area contributed by atoms with Crippen LogP contribution in [0.25, 0.3) is 22.0 Å². The standard InChI is InChI=1S/C17H17N3O/c1-2-21-11-17-19-15(10-16(18)20-17)14-8-7-12-5-3-4-6-13(12)9-14/h3-10H,2,11H2,1H3,(H2,18,19,20). The second-order valence-corrected chi connectivity index (χ2v) is 4.79. The van der Waals surface area contributed by atoms with Crippen molar-refractivity contribution in [3.63, 3.8) is 0 Å². The average molecular weight is 279 g/mol. The fraction of sp³-hybridized carbons (Fsp3) is 0.176. The molecule has 1 aromatic heterocycles. The summed E-state index contributed by atoms with van der Waals surface area (Å²) in [6.45, 7) is 2.95. The summed E-state index contributed by atoms with van der Waals surface area (Å²) in [5.41, 5.74) is 7.72. The number of ether oxygens (including phenoxy) is 1. The van der Waals surface area contributed by atoms with Crippen LogP contribution >= 0.6 is 0 Å². The topological polar surface area (TPSA) is 61.0 Å². The maximum Gasteiger partial charge on any atom is 0.157 e. The molecule has 0 aliphatic heterocycles. The van der Waals surface area contributed by atoms with E-state index in [4.69, 9.17) is 10.5 Å². The van der Waals surface area contributed by atoms with Crippen LogP contribution in [-0.4, -0.2) is 16.6 Å². The summed E-state index contributed by atoms with van der Waals surface area (Å²) >= 11 is 0. The zero-order chi connectivity index (χ0) is 14.7. The van der Waals surface area contributed by atoms with Gasteiger partial charge in [-0.15, -0.1) is 0 Å². The second kappa shape index (κ2) is 5.89. The van der Waals surface area contributed by atoms with Crippen LogP contribution in [0.1, 0.15) is 12.7 Å². The highest BCUT2D eigenvalue weighted by Crippen LogP contribution is 2.24. The lowest BCUT2D eigenvalue weighted by Crippen LogP contribution is -2.03. The van der Waals surface area contributed by atoms with Crippen LogP contribution in [0.3, 0.4) is 0 Å². The maximum absolute atomic E-state index is 5.87. The van der Waals surface area contributed by atoms with Crippen LogP contribution in [0.5, 0.6) is 0 Å². The molecule has 2 N–H and O–H groups in total. The van der Waals surface area contributed by atoms with Gasteiger partial charge in [0.1, 0.15) is 12.4 Å². The molecule has 3 aromatic rings. The molecular weight excluding hydrogens is 262 g/mol. The minimum Gasteiger partial charge on any atom is -0.384 e. The molecule has 0 aliphatic rings. The number of rotatable bonds is 4. The number of hydrogen-bond acceptors (Lipinski definition) is 4. The molecule has 0 saturated heterocycles. The average Bonchev–Trinajstić information content (AvgIpc) is 2.52. The van der Waals surface area contributed by atoms with E-state index in [2.05, 4.69) is 40.3 Å².